The maximum Gasteiger partial charge on any atom is 0.322 e. The molecule has 0 unspecified atom stereocenters. The van der Waals surface area contributed by atoms with Crippen molar-refractivity contribution in [1.29, 1.82) is 5.26 Å². The van der Waals surface area contributed by atoms with Crippen molar-refractivity contribution in [3.05, 3.63) is 58.6 Å². The number of carbonyl (C=O) groups is 1. The number of piperazine rings is 1. The number of carbonyl (C=O) groups excluding carboxylic acids is 1. The van der Waals surface area contributed by atoms with Gasteiger partial charge in [0.05, 0.1) is 11.3 Å². The molecule has 1 fully saturated rings. The zero-order valence-corrected chi connectivity index (χ0v) is 14.8. The van der Waals surface area contributed by atoms with Crippen LogP contribution in [0.5, 0.6) is 0 Å². The van der Waals surface area contributed by atoms with E-state index >= 15 is 0 Å². The molecule has 25 heavy (non-hydrogen) atoms. The minimum absolute atomic E-state index is 0.176. The van der Waals surface area contributed by atoms with Crippen LogP contribution in [0, 0.1) is 18.3 Å². The SMILES string of the molecule is Cc1c(Cl)cccc1N1CCN(C(=O)Nc2ccccc2C#N)CC1. The molecule has 5 nitrogen and oxygen atoms in total. The Morgan fingerprint density at radius 1 is 1.12 bits per heavy atom. The summed E-state index contributed by atoms with van der Waals surface area (Å²) < 4.78 is 0. The van der Waals surface area contributed by atoms with Crippen molar-refractivity contribution in [1.82, 2.24) is 4.90 Å². The number of hydrogen-bond donors (Lipinski definition) is 1. The number of rotatable bonds is 2. The van der Waals surface area contributed by atoms with Gasteiger partial charge in [0.1, 0.15) is 6.07 Å². The summed E-state index contributed by atoms with van der Waals surface area (Å²) in [6.07, 6.45) is 0. The summed E-state index contributed by atoms with van der Waals surface area (Å²) in [4.78, 5) is 16.5. The van der Waals surface area contributed by atoms with Crippen molar-refractivity contribution in [3.63, 3.8) is 0 Å². The molecule has 2 aromatic carbocycles. The average Bonchev–Trinajstić information content (AvgIpc) is 2.64. The first-order valence-electron chi connectivity index (χ1n) is 8.15. The Kier molecular flexibility index (Phi) is 5.11. The molecule has 2 aromatic rings. The van der Waals surface area contributed by atoms with Gasteiger partial charge in [-0.1, -0.05) is 29.8 Å². The number of nitrogens with one attached hydrogen (secondary N) is 1. The highest BCUT2D eigenvalue weighted by atomic mass is 35.5. The molecular weight excluding hydrogens is 336 g/mol. The summed E-state index contributed by atoms with van der Waals surface area (Å²) in [7, 11) is 0. The van der Waals surface area contributed by atoms with E-state index in [-0.39, 0.29) is 6.03 Å². The predicted molar refractivity (Wildman–Crippen MR) is 100 cm³/mol. The second kappa shape index (κ2) is 7.45. The lowest BCUT2D eigenvalue weighted by Gasteiger charge is -2.36. The van der Waals surface area contributed by atoms with E-state index in [2.05, 4.69) is 22.4 Å². The standard InChI is InChI=1S/C19H19ClN4O/c1-14-16(20)6-4-8-18(14)23-9-11-24(12-10-23)19(25)22-17-7-3-2-5-15(17)13-21/h2-8H,9-12H2,1H3,(H,22,25). The number of urea groups is 1. The third-order valence-corrected chi connectivity index (χ3v) is 4.85. The summed E-state index contributed by atoms with van der Waals surface area (Å²) in [5.41, 5.74) is 3.18. The van der Waals surface area contributed by atoms with Crippen LogP contribution in [0.2, 0.25) is 5.02 Å². The van der Waals surface area contributed by atoms with Crippen molar-refractivity contribution in [2.75, 3.05) is 36.4 Å². The lowest BCUT2D eigenvalue weighted by Crippen LogP contribution is -2.50. The predicted octanol–water partition coefficient (Wildman–Crippen LogP) is 3.87. The highest BCUT2D eigenvalue weighted by molar-refractivity contribution is 6.31. The van der Waals surface area contributed by atoms with Gasteiger partial charge in [-0.3, -0.25) is 0 Å². The zero-order chi connectivity index (χ0) is 17.8. The topological polar surface area (TPSA) is 59.4 Å². The second-order valence-corrected chi connectivity index (χ2v) is 6.35. The van der Waals surface area contributed by atoms with Crippen LogP contribution < -0.4 is 10.2 Å². The first-order chi connectivity index (χ1) is 12.1. The average molecular weight is 355 g/mol. The van der Waals surface area contributed by atoms with Gasteiger partial charge in [0.15, 0.2) is 0 Å². The fraction of sp³-hybridized carbons (Fsp3) is 0.263. The van der Waals surface area contributed by atoms with Gasteiger partial charge in [-0.15, -0.1) is 0 Å². The summed E-state index contributed by atoms with van der Waals surface area (Å²) in [6, 6.07) is 14.8. The molecule has 0 aliphatic carbocycles. The van der Waals surface area contributed by atoms with Crippen molar-refractivity contribution in [3.8, 4) is 6.07 Å². The van der Waals surface area contributed by atoms with E-state index in [9.17, 15) is 4.79 Å². The quantitative estimate of drug-likeness (QED) is 0.890. The van der Waals surface area contributed by atoms with Crippen LogP contribution in [-0.4, -0.2) is 37.1 Å². The van der Waals surface area contributed by atoms with Gasteiger partial charge in [0.25, 0.3) is 0 Å². The Balaban J connectivity index is 1.63. The van der Waals surface area contributed by atoms with E-state index in [4.69, 9.17) is 16.9 Å². The second-order valence-electron chi connectivity index (χ2n) is 5.95. The number of benzene rings is 2. The van der Waals surface area contributed by atoms with Crippen LogP contribution in [0.15, 0.2) is 42.5 Å². The largest absolute Gasteiger partial charge is 0.368 e. The molecule has 6 heteroatoms. The van der Waals surface area contributed by atoms with E-state index in [0.29, 0.717) is 24.3 Å². The minimum Gasteiger partial charge on any atom is -0.368 e. The van der Waals surface area contributed by atoms with Gasteiger partial charge >= 0.3 is 6.03 Å². The summed E-state index contributed by atoms with van der Waals surface area (Å²) in [5.74, 6) is 0. The Bertz CT molecular complexity index is 822. The molecule has 2 amide bonds. The Hall–Kier alpha value is -2.71. The summed E-state index contributed by atoms with van der Waals surface area (Å²) in [5, 5.41) is 12.7. The van der Waals surface area contributed by atoms with Crippen molar-refractivity contribution in [2.45, 2.75) is 6.92 Å². The van der Waals surface area contributed by atoms with Gasteiger partial charge in [0.2, 0.25) is 0 Å². The number of anilines is 2. The molecule has 0 saturated carbocycles. The minimum atomic E-state index is -0.176. The van der Waals surface area contributed by atoms with Crippen molar-refractivity contribution >= 4 is 29.0 Å². The molecule has 1 saturated heterocycles. The van der Waals surface area contributed by atoms with Gasteiger partial charge in [-0.2, -0.15) is 5.26 Å². The van der Waals surface area contributed by atoms with Crippen LogP contribution in [-0.2, 0) is 0 Å². The Morgan fingerprint density at radius 3 is 2.56 bits per heavy atom. The molecule has 1 aliphatic heterocycles. The van der Waals surface area contributed by atoms with E-state index in [1.165, 1.54) is 0 Å². The first-order valence-corrected chi connectivity index (χ1v) is 8.53. The number of nitrogens with zero attached hydrogens (tertiary/aromatic N) is 3. The van der Waals surface area contributed by atoms with Gasteiger partial charge in [0, 0.05) is 36.9 Å². The third kappa shape index (κ3) is 3.70. The zero-order valence-electron chi connectivity index (χ0n) is 14.0. The highest BCUT2D eigenvalue weighted by Crippen LogP contribution is 2.27. The lowest BCUT2D eigenvalue weighted by molar-refractivity contribution is 0.208. The van der Waals surface area contributed by atoms with Crippen LogP contribution in [0.4, 0.5) is 16.2 Å². The molecule has 0 radical (unpaired) electrons. The normalized spacial score (nSPS) is 14.1. The van der Waals surface area contributed by atoms with Crippen molar-refractivity contribution in [2.24, 2.45) is 0 Å². The highest BCUT2D eigenvalue weighted by Gasteiger charge is 2.23. The Morgan fingerprint density at radius 2 is 1.84 bits per heavy atom. The Labute approximate surface area is 152 Å². The maximum atomic E-state index is 12.5. The first kappa shape index (κ1) is 17.1. The van der Waals surface area contributed by atoms with E-state index < -0.39 is 0 Å². The lowest BCUT2D eigenvalue weighted by atomic mass is 10.1. The van der Waals surface area contributed by atoms with Gasteiger partial charge < -0.3 is 15.1 Å². The van der Waals surface area contributed by atoms with Crippen molar-refractivity contribution < 1.29 is 4.79 Å². The molecule has 0 bridgehead atoms. The van der Waals surface area contributed by atoms with Crippen LogP contribution >= 0.6 is 11.6 Å². The van der Waals surface area contributed by atoms with Gasteiger partial charge in [-0.25, -0.2) is 4.79 Å². The smallest absolute Gasteiger partial charge is 0.322 e. The summed E-state index contributed by atoms with van der Waals surface area (Å²) >= 11 is 6.20. The molecule has 0 atom stereocenters. The molecule has 3 rings (SSSR count). The van der Waals surface area contributed by atoms with Gasteiger partial charge in [-0.05, 0) is 36.8 Å². The fourth-order valence-corrected chi connectivity index (χ4v) is 3.14. The molecule has 0 aromatic heterocycles. The molecule has 1 N–H and O–H groups in total. The number of nitriles is 1. The molecule has 1 heterocycles. The molecule has 0 spiro atoms. The van der Waals surface area contributed by atoms with E-state index in [0.717, 1.165) is 29.4 Å². The number of para-hydroxylation sites is 1. The van der Waals surface area contributed by atoms with E-state index in [1.807, 2.05) is 19.1 Å². The fourth-order valence-electron chi connectivity index (χ4n) is 2.97. The third-order valence-electron chi connectivity index (χ3n) is 4.44. The van der Waals surface area contributed by atoms with Crippen LogP contribution in [0.25, 0.3) is 0 Å². The molecule has 128 valence electrons. The summed E-state index contributed by atoms with van der Waals surface area (Å²) in [6.45, 7) is 4.73. The van der Waals surface area contributed by atoms with Crippen LogP contribution in [0.1, 0.15) is 11.1 Å². The number of halogens is 1. The molecule has 1 aliphatic rings. The number of amides is 2. The maximum absolute atomic E-state index is 12.5. The van der Waals surface area contributed by atoms with Crippen LogP contribution in [0.3, 0.4) is 0 Å². The molecular formula is C19H19ClN4O. The van der Waals surface area contributed by atoms with E-state index in [1.54, 1.807) is 29.2 Å². The number of hydrogen-bond acceptors (Lipinski definition) is 3. The monoisotopic (exact) mass is 354 g/mol.